The van der Waals surface area contributed by atoms with Gasteiger partial charge in [-0.15, -0.1) is 0 Å². The molecule has 0 heterocycles. The van der Waals surface area contributed by atoms with E-state index in [1.807, 2.05) is 13.8 Å². The average Bonchev–Trinajstić information content (AvgIpc) is 2.05. The zero-order valence-corrected chi connectivity index (χ0v) is 7.80. The molecule has 68 valence electrons. The Bertz CT molecular complexity index is 70.5. The van der Waals surface area contributed by atoms with Crippen LogP contribution >= 0.6 is 0 Å². The second-order valence-corrected chi connectivity index (χ2v) is 2.23. The normalized spacial score (nSPS) is 10.9. The van der Waals surface area contributed by atoms with Crippen molar-refractivity contribution in [3.8, 4) is 0 Å². The minimum absolute atomic E-state index is 0.674. The molecule has 0 aromatic rings. The van der Waals surface area contributed by atoms with Crippen molar-refractivity contribution in [2.75, 3.05) is 33.2 Å². The molecule has 0 atom stereocenters. The summed E-state index contributed by atoms with van der Waals surface area (Å²) in [6.45, 7) is 9.94. The summed E-state index contributed by atoms with van der Waals surface area (Å²) in [5, 5.41) is 0. The molecular weight excluding hydrogens is 142 g/mol. The van der Waals surface area contributed by atoms with Crippen LogP contribution in [0.5, 0.6) is 0 Å². The highest BCUT2D eigenvalue weighted by Crippen LogP contribution is 1.89. The molecule has 0 saturated carbocycles. The molecule has 0 bridgehead atoms. The van der Waals surface area contributed by atoms with Gasteiger partial charge in [-0.3, -0.25) is 4.90 Å². The van der Waals surface area contributed by atoms with Crippen molar-refractivity contribution in [1.82, 2.24) is 4.90 Å². The lowest BCUT2D eigenvalue weighted by atomic mass is 10.6. The molecule has 0 aromatic carbocycles. The van der Waals surface area contributed by atoms with Gasteiger partial charge in [0.15, 0.2) is 0 Å². The van der Waals surface area contributed by atoms with Crippen LogP contribution < -0.4 is 0 Å². The third-order valence-corrected chi connectivity index (χ3v) is 1.40. The van der Waals surface area contributed by atoms with E-state index in [4.69, 9.17) is 9.47 Å². The maximum Gasteiger partial charge on any atom is 0.101 e. The van der Waals surface area contributed by atoms with Crippen LogP contribution in [0.3, 0.4) is 0 Å². The minimum atomic E-state index is 0.674. The molecule has 11 heavy (non-hydrogen) atoms. The monoisotopic (exact) mass is 161 g/mol. The zero-order chi connectivity index (χ0) is 8.53. The molecule has 0 aliphatic heterocycles. The summed E-state index contributed by atoms with van der Waals surface area (Å²) in [6.07, 6.45) is 0. The highest BCUT2D eigenvalue weighted by Gasteiger charge is 1.99. The first-order valence-electron chi connectivity index (χ1n) is 4.22. The molecule has 0 aromatic heterocycles. The molecule has 0 amide bonds. The Morgan fingerprint density at radius 3 is 1.64 bits per heavy atom. The smallest absolute Gasteiger partial charge is 0.101 e. The molecule has 0 spiro atoms. The number of nitrogens with zero attached hydrogens (tertiary/aromatic N) is 1. The van der Waals surface area contributed by atoms with Crippen molar-refractivity contribution in [2.24, 2.45) is 0 Å². The number of rotatable bonds is 7. The third-order valence-electron chi connectivity index (χ3n) is 1.40. The van der Waals surface area contributed by atoms with Crippen LogP contribution in [0.4, 0.5) is 0 Å². The first kappa shape index (κ1) is 10.9. The number of hydrogen-bond acceptors (Lipinski definition) is 3. The van der Waals surface area contributed by atoms with E-state index < -0.39 is 0 Å². The van der Waals surface area contributed by atoms with E-state index in [-0.39, 0.29) is 0 Å². The van der Waals surface area contributed by atoms with Crippen molar-refractivity contribution in [3.63, 3.8) is 0 Å². The first-order valence-corrected chi connectivity index (χ1v) is 4.22. The van der Waals surface area contributed by atoms with Crippen molar-refractivity contribution in [2.45, 2.75) is 20.8 Å². The predicted molar refractivity (Wildman–Crippen MR) is 45.4 cm³/mol. The predicted octanol–water partition coefficient (Wildman–Crippen LogP) is 1.30. The summed E-state index contributed by atoms with van der Waals surface area (Å²) >= 11 is 0. The highest BCUT2D eigenvalue weighted by molar-refractivity contribution is 4.39. The van der Waals surface area contributed by atoms with E-state index >= 15 is 0 Å². The Labute approximate surface area is 69.3 Å². The Kier molecular flexibility index (Phi) is 7.89. The van der Waals surface area contributed by atoms with E-state index in [1.54, 1.807) is 0 Å². The van der Waals surface area contributed by atoms with E-state index in [0.717, 1.165) is 19.8 Å². The highest BCUT2D eigenvalue weighted by atomic mass is 16.5. The molecule has 0 radical (unpaired) electrons. The second-order valence-electron chi connectivity index (χ2n) is 2.23. The standard InChI is InChI=1S/C8H19NO2/c1-4-9(7-10-5-2)8-11-6-3/h4-8H2,1-3H3. The fraction of sp³-hybridized carbons (Fsp3) is 1.00. The van der Waals surface area contributed by atoms with E-state index in [9.17, 15) is 0 Å². The van der Waals surface area contributed by atoms with Crippen LogP contribution in [-0.4, -0.2) is 38.1 Å². The SMILES string of the molecule is CCOCN(CC)COCC. The van der Waals surface area contributed by atoms with E-state index in [1.165, 1.54) is 0 Å². The maximum atomic E-state index is 5.23. The number of hydrogen-bond donors (Lipinski definition) is 0. The molecule has 0 unspecified atom stereocenters. The van der Waals surface area contributed by atoms with Gasteiger partial charge in [-0.2, -0.15) is 0 Å². The van der Waals surface area contributed by atoms with Crippen molar-refractivity contribution >= 4 is 0 Å². The number of ether oxygens (including phenoxy) is 2. The van der Waals surface area contributed by atoms with Gasteiger partial charge in [0.05, 0.1) is 0 Å². The lowest BCUT2D eigenvalue weighted by Gasteiger charge is -2.18. The summed E-state index contributed by atoms with van der Waals surface area (Å²) in [4.78, 5) is 2.10. The fourth-order valence-electron chi connectivity index (χ4n) is 0.661. The van der Waals surface area contributed by atoms with Crippen LogP contribution in [0.25, 0.3) is 0 Å². The Hall–Kier alpha value is -0.120. The molecule has 3 nitrogen and oxygen atoms in total. The van der Waals surface area contributed by atoms with Gasteiger partial charge >= 0.3 is 0 Å². The largest absolute Gasteiger partial charge is 0.366 e. The van der Waals surface area contributed by atoms with Gasteiger partial charge in [0, 0.05) is 13.2 Å². The molecule has 0 rings (SSSR count). The van der Waals surface area contributed by atoms with E-state index in [2.05, 4.69) is 11.8 Å². The molecule has 0 aliphatic carbocycles. The van der Waals surface area contributed by atoms with Crippen molar-refractivity contribution in [3.05, 3.63) is 0 Å². The van der Waals surface area contributed by atoms with Gasteiger partial charge in [-0.05, 0) is 20.4 Å². The van der Waals surface area contributed by atoms with Crippen molar-refractivity contribution < 1.29 is 9.47 Å². The lowest BCUT2D eigenvalue weighted by molar-refractivity contribution is -0.0360. The summed E-state index contributed by atoms with van der Waals surface area (Å²) in [6, 6.07) is 0. The van der Waals surface area contributed by atoms with Crippen LogP contribution in [-0.2, 0) is 9.47 Å². The van der Waals surface area contributed by atoms with Crippen molar-refractivity contribution in [1.29, 1.82) is 0 Å². The van der Waals surface area contributed by atoms with Gasteiger partial charge in [0.25, 0.3) is 0 Å². The summed E-state index contributed by atoms with van der Waals surface area (Å²) in [5.74, 6) is 0. The van der Waals surface area contributed by atoms with Crippen LogP contribution in [0.1, 0.15) is 20.8 Å². The van der Waals surface area contributed by atoms with Gasteiger partial charge < -0.3 is 9.47 Å². The topological polar surface area (TPSA) is 21.7 Å². The van der Waals surface area contributed by atoms with Gasteiger partial charge in [-0.1, -0.05) is 6.92 Å². The molecule has 0 fully saturated rings. The Morgan fingerprint density at radius 2 is 1.36 bits per heavy atom. The Morgan fingerprint density at radius 1 is 0.909 bits per heavy atom. The summed E-state index contributed by atoms with van der Waals surface area (Å²) in [5.41, 5.74) is 0. The molecular formula is C8H19NO2. The van der Waals surface area contributed by atoms with Gasteiger partial charge in [0.2, 0.25) is 0 Å². The average molecular weight is 161 g/mol. The Balaban J connectivity index is 3.25. The van der Waals surface area contributed by atoms with Crippen LogP contribution in [0.2, 0.25) is 0 Å². The quantitative estimate of drug-likeness (QED) is 0.525. The minimum Gasteiger partial charge on any atom is -0.366 e. The van der Waals surface area contributed by atoms with Gasteiger partial charge in [0.1, 0.15) is 13.5 Å². The fourth-order valence-corrected chi connectivity index (χ4v) is 0.661. The molecule has 0 aliphatic rings. The third kappa shape index (κ3) is 6.28. The summed E-state index contributed by atoms with van der Waals surface area (Å²) < 4.78 is 10.5. The molecule has 0 N–H and O–H groups in total. The second kappa shape index (κ2) is 7.98. The van der Waals surface area contributed by atoms with Crippen LogP contribution in [0, 0.1) is 0 Å². The maximum absolute atomic E-state index is 5.23. The molecule has 0 saturated heterocycles. The summed E-state index contributed by atoms with van der Waals surface area (Å²) in [7, 11) is 0. The van der Waals surface area contributed by atoms with E-state index in [0.29, 0.717) is 13.5 Å². The lowest BCUT2D eigenvalue weighted by Crippen LogP contribution is -2.28. The zero-order valence-electron chi connectivity index (χ0n) is 7.80. The first-order chi connectivity index (χ1) is 5.35. The van der Waals surface area contributed by atoms with Crippen LogP contribution in [0.15, 0.2) is 0 Å². The van der Waals surface area contributed by atoms with Gasteiger partial charge in [-0.25, -0.2) is 0 Å². The molecule has 3 heteroatoms.